The zero-order chi connectivity index (χ0) is 25.2. The van der Waals surface area contributed by atoms with E-state index in [0.29, 0.717) is 24.6 Å². The third-order valence-electron chi connectivity index (χ3n) is 6.57. The number of nitrogens with two attached hydrogens (primary N) is 1. The molecule has 4 rings (SSSR count). The van der Waals surface area contributed by atoms with Crippen molar-refractivity contribution in [2.75, 3.05) is 6.54 Å². The fourth-order valence-electron chi connectivity index (χ4n) is 4.48. The first-order chi connectivity index (χ1) is 17.6. The standard InChI is InChI=1S/C29H33N3O4/c30-18-21-11-13-24(14-12-21)28(33)32-27(29(34)35-20-23-7-5-15-31-19-23)17-22-6-4-10-26(16-22)36-25-8-2-1-3-9-25/h1-10,15-16,19,21,24,27H,11-14,17-18,20,30H2,(H,32,33)/t21-,24-,27?. The Morgan fingerprint density at radius 2 is 1.69 bits per heavy atom. The number of amides is 1. The van der Waals surface area contributed by atoms with E-state index < -0.39 is 12.0 Å². The maximum Gasteiger partial charge on any atom is 0.329 e. The Labute approximate surface area is 212 Å². The molecule has 1 unspecified atom stereocenters. The Morgan fingerprint density at radius 3 is 2.42 bits per heavy atom. The molecule has 1 atom stereocenters. The number of nitrogens with one attached hydrogen (secondary N) is 1. The van der Waals surface area contributed by atoms with Gasteiger partial charge in [-0.3, -0.25) is 9.78 Å². The van der Waals surface area contributed by atoms with Gasteiger partial charge in [0.25, 0.3) is 0 Å². The highest BCUT2D eigenvalue weighted by Gasteiger charge is 2.30. The monoisotopic (exact) mass is 487 g/mol. The fourth-order valence-corrected chi connectivity index (χ4v) is 4.48. The molecule has 1 heterocycles. The molecular formula is C29H33N3O4. The Bertz CT molecular complexity index is 1120. The molecule has 3 N–H and O–H groups in total. The highest BCUT2D eigenvalue weighted by atomic mass is 16.5. The van der Waals surface area contributed by atoms with Gasteiger partial charge in [-0.25, -0.2) is 4.79 Å². The maximum absolute atomic E-state index is 13.1. The molecule has 0 spiro atoms. The van der Waals surface area contributed by atoms with Crippen molar-refractivity contribution in [1.82, 2.24) is 10.3 Å². The SMILES string of the molecule is NC[C@H]1CC[C@H](C(=O)NC(Cc2cccc(Oc3ccccc3)c2)C(=O)OCc2cccnc2)CC1. The van der Waals surface area contributed by atoms with Crippen LogP contribution in [-0.2, 0) is 27.4 Å². The number of rotatable bonds is 10. The summed E-state index contributed by atoms with van der Waals surface area (Å²) in [4.78, 5) is 30.3. The topological polar surface area (TPSA) is 104 Å². The van der Waals surface area contributed by atoms with Crippen molar-refractivity contribution in [3.63, 3.8) is 0 Å². The second kappa shape index (κ2) is 12.8. The molecule has 2 aromatic carbocycles. The van der Waals surface area contributed by atoms with Gasteiger partial charge in [-0.05, 0) is 74.0 Å². The maximum atomic E-state index is 13.1. The molecule has 1 fully saturated rings. The molecule has 0 saturated heterocycles. The predicted molar refractivity (Wildman–Crippen MR) is 137 cm³/mol. The smallest absolute Gasteiger partial charge is 0.329 e. The number of para-hydroxylation sites is 1. The Balaban J connectivity index is 1.44. The van der Waals surface area contributed by atoms with Crippen LogP contribution in [0, 0.1) is 11.8 Å². The molecule has 3 aromatic rings. The van der Waals surface area contributed by atoms with Crippen molar-refractivity contribution in [1.29, 1.82) is 0 Å². The van der Waals surface area contributed by atoms with Crippen molar-refractivity contribution >= 4 is 11.9 Å². The molecule has 7 nitrogen and oxygen atoms in total. The Hall–Kier alpha value is -3.71. The van der Waals surface area contributed by atoms with E-state index in [2.05, 4.69) is 10.3 Å². The normalized spacial score (nSPS) is 18.1. The molecule has 1 aliphatic rings. The molecule has 1 saturated carbocycles. The van der Waals surface area contributed by atoms with Crippen LogP contribution in [0.25, 0.3) is 0 Å². The van der Waals surface area contributed by atoms with Crippen LogP contribution in [0.5, 0.6) is 11.5 Å². The molecule has 0 bridgehead atoms. The van der Waals surface area contributed by atoms with Gasteiger partial charge in [0, 0.05) is 30.3 Å². The summed E-state index contributed by atoms with van der Waals surface area (Å²) < 4.78 is 11.5. The number of esters is 1. The van der Waals surface area contributed by atoms with Crippen LogP contribution in [0.4, 0.5) is 0 Å². The second-order valence-electron chi connectivity index (χ2n) is 9.25. The molecule has 1 aliphatic carbocycles. The number of ether oxygens (including phenoxy) is 2. The number of aromatic nitrogens is 1. The molecule has 188 valence electrons. The first-order valence-corrected chi connectivity index (χ1v) is 12.5. The lowest BCUT2D eigenvalue weighted by atomic mass is 9.81. The summed E-state index contributed by atoms with van der Waals surface area (Å²) in [6, 6.07) is 19.9. The van der Waals surface area contributed by atoms with E-state index in [1.165, 1.54) is 0 Å². The van der Waals surface area contributed by atoms with Crippen LogP contribution in [0.15, 0.2) is 79.1 Å². The van der Waals surface area contributed by atoms with E-state index in [1.54, 1.807) is 18.5 Å². The highest BCUT2D eigenvalue weighted by molar-refractivity contribution is 5.86. The predicted octanol–water partition coefficient (Wildman–Crippen LogP) is 4.41. The van der Waals surface area contributed by atoms with Crippen molar-refractivity contribution in [3.05, 3.63) is 90.3 Å². The summed E-state index contributed by atoms with van der Waals surface area (Å²) in [5.41, 5.74) is 7.44. The zero-order valence-electron chi connectivity index (χ0n) is 20.3. The Morgan fingerprint density at radius 1 is 0.944 bits per heavy atom. The number of hydrogen-bond acceptors (Lipinski definition) is 6. The van der Waals surface area contributed by atoms with Crippen molar-refractivity contribution in [3.8, 4) is 11.5 Å². The van der Waals surface area contributed by atoms with Gasteiger partial charge in [-0.15, -0.1) is 0 Å². The number of benzene rings is 2. The van der Waals surface area contributed by atoms with Gasteiger partial charge < -0.3 is 20.5 Å². The van der Waals surface area contributed by atoms with Crippen LogP contribution >= 0.6 is 0 Å². The van der Waals surface area contributed by atoms with E-state index >= 15 is 0 Å². The molecule has 0 radical (unpaired) electrons. The minimum atomic E-state index is -0.812. The lowest BCUT2D eigenvalue weighted by Gasteiger charge is -2.28. The van der Waals surface area contributed by atoms with Gasteiger partial charge in [0.15, 0.2) is 0 Å². The molecule has 1 aromatic heterocycles. The molecule has 0 aliphatic heterocycles. The lowest BCUT2D eigenvalue weighted by molar-refractivity contribution is -0.149. The first kappa shape index (κ1) is 25.4. The minimum Gasteiger partial charge on any atom is -0.459 e. The number of carbonyl (C=O) groups excluding carboxylic acids is 2. The summed E-state index contributed by atoms with van der Waals surface area (Å²) in [6.45, 7) is 0.747. The van der Waals surface area contributed by atoms with Crippen LogP contribution < -0.4 is 15.8 Å². The van der Waals surface area contributed by atoms with E-state index in [1.807, 2.05) is 60.7 Å². The van der Waals surface area contributed by atoms with Gasteiger partial charge in [0.05, 0.1) is 0 Å². The van der Waals surface area contributed by atoms with Crippen LogP contribution in [0.3, 0.4) is 0 Å². The average Bonchev–Trinajstić information content (AvgIpc) is 2.92. The molecule has 1 amide bonds. The van der Waals surface area contributed by atoms with Crippen molar-refractivity contribution < 1.29 is 19.1 Å². The van der Waals surface area contributed by atoms with Gasteiger partial charge in [-0.1, -0.05) is 36.4 Å². The molecule has 36 heavy (non-hydrogen) atoms. The van der Waals surface area contributed by atoms with Crippen LogP contribution in [-0.4, -0.2) is 29.4 Å². The number of nitrogens with zero attached hydrogens (tertiary/aromatic N) is 1. The number of pyridine rings is 1. The lowest BCUT2D eigenvalue weighted by Crippen LogP contribution is -2.46. The van der Waals surface area contributed by atoms with Gasteiger partial charge in [0.2, 0.25) is 5.91 Å². The molecular weight excluding hydrogens is 454 g/mol. The quantitative estimate of drug-likeness (QED) is 0.411. The van der Waals surface area contributed by atoms with E-state index in [0.717, 1.165) is 42.6 Å². The first-order valence-electron chi connectivity index (χ1n) is 12.5. The number of hydrogen-bond donors (Lipinski definition) is 2. The van der Waals surface area contributed by atoms with Gasteiger partial charge in [0.1, 0.15) is 24.1 Å². The van der Waals surface area contributed by atoms with E-state index in [-0.39, 0.29) is 18.4 Å². The largest absolute Gasteiger partial charge is 0.459 e. The molecule has 7 heteroatoms. The summed E-state index contributed by atoms with van der Waals surface area (Å²) in [5, 5.41) is 2.97. The van der Waals surface area contributed by atoms with Crippen molar-refractivity contribution in [2.24, 2.45) is 17.6 Å². The van der Waals surface area contributed by atoms with Gasteiger partial charge >= 0.3 is 5.97 Å². The van der Waals surface area contributed by atoms with Gasteiger partial charge in [-0.2, -0.15) is 0 Å². The van der Waals surface area contributed by atoms with Crippen LogP contribution in [0.2, 0.25) is 0 Å². The summed E-state index contributed by atoms with van der Waals surface area (Å²) in [5.74, 6) is 1.16. The number of carbonyl (C=O) groups is 2. The van der Waals surface area contributed by atoms with E-state index in [9.17, 15) is 9.59 Å². The average molecular weight is 488 g/mol. The minimum absolute atomic E-state index is 0.0950. The zero-order valence-corrected chi connectivity index (χ0v) is 20.3. The summed E-state index contributed by atoms with van der Waals surface area (Å²) >= 11 is 0. The fraction of sp³-hybridized carbons (Fsp3) is 0.345. The third-order valence-corrected chi connectivity index (χ3v) is 6.57. The second-order valence-corrected chi connectivity index (χ2v) is 9.25. The summed E-state index contributed by atoms with van der Waals surface area (Å²) in [7, 11) is 0. The van der Waals surface area contributed by atoms with Crippen molar-refractivity contribution in [2.45, 2.75) is 44.8 Å². The summed E-state index contributed by atoms with van der Waals surface area (Å²) in [6.07, 6.45) is 7.05. The third kappa shape index (κ3) is 7.39. The Kier molecular flexibility index (Phi) is 9.05. The van der Waals surface area contributed by atoms with E-state index in [4.69, 9.17) is 15.2 Å². The van der Waals surface area contributed by atoms with Crippen LogP contribution in [0.1, 0.15) is 36.8 Å². The highest BCUT2D eigenvalue weighted by Crippen LogP contribution is 2.28.